The zero-order valence-electron chi connectivity index (χ0n) is 23.8. The Morgan fingerprint density at radius 1 is 1.07 bits per heavy atom. The number of benzene rings is 2. The number of hydrogen-bond acceptors (Lipinski definition) is 6. The van der Waals surface area contributed by atoms with Crippen LogP contribution in [0.25, 0.3) is 11.3 Å². The first-order chi connectivity index (χ1) is 20.1. The molecule has 0 spiro atoms. The van der Waals surface area contributed by atoms with Crippen molar-refractivity contribution in [2.24, 2.45) is 17.8 Å². The number of ether oxygens (including phenoxy) is 1. The minimum Gasteiger partial charge on any atom is -0.488 e. The normalized spacial score (nSPS) is 23.2. The molecule has 1 amide bonds. The number of hydrogen-bond donors (Lipinski definition) is 1. The van der Waals surface area contributed by atoms with Crippen molar-refractivity contribution in [1.82, 2.24) is 9.88 Å². The Balaban J connectivity index is 1.14. The van der Waals surface area contributed by atoms with E-state index in [-0.39, 0.29) is 49.6 Å². The highest BCUT2D eigenvalue weighted by Gasteiger charge is 2.46. The predicted octanol–water partition coefficient (Wildman–Crippen LogP) is 6.42. The van der Waals surface area contributed by atoms with Gasteiger partial charge in [0, 0.05) is 55.5 Å². The number of aryl methyl sites for hydroxylation is 2. The first-order valence-corrected chi connectivity index (χ1v) is 15.4. The summed E-state index contributed by atoms with van der Waals surface area (Å²) in [6.07, 6.45) is 1.32. The van der Waals surface area contributed by atoms with Crippen LogP contribution in [0, 0.1) is 31.6 Å². The first-order valence-electron chi connectivity index (χ1n) is 14.5. The number of fused-ring (bicyclic) bond motifs is 2. The summed E-state index contributed by atoms with van der Waals surface area (Å²) in [4.78, 5) is 33.4. The predicted molar refractivity (Wildman–Crippen MR) is 157 cm³/mol. The number of anilines is 1. The van der Waals surface area contributed by atoms with Gasteiger partial charge in [0.2, 0.25) is 0 Å². The van der Waals surface area contributed by atoms with E-state index in [0.29, 0.717) is 17.9 Å². The molecule has 7 nitrogen and oxygen atoms in total. The molecule has 1 aliphatic carbocycles. The van der Waals surface area contributed by atoms with Gasteiger partial charge in [-0.05, 0) is 73.9 Å². The number of amides is 1. The molecule has 42 heavy (non-hydrogen) atoms. The van der Waals surface area contributed by atoms with Gasteiger partial charge in [-0.2, -0.15) is 0 Å². The Bertz CT molecular complexity index is 1480. The van der Waals surface area contributed by atoms with Crippen LogP contribution >= 0.6 is 11.3 Å². The lowest BCUT2D eigenvalue weighted by Crippen LogP contribution is -2.44. The van der Waals surface area contributed by atoms with Gasteiger partial charge in [0.05, 0.1) is 11.6 Å². The molecule has 1 saturated carbocycles. The zero-order chi connectivity index (χ0) is 29.6. The lowest BCUT2D eigenvalue weighted by Gasteiger charge is -2.35. The summed E-state index contributed by atoms with van der Waals surface area (Å²) in [5.41, 5.74) is 5.12. The van der Waals surface area contributed by atoms with Crippen LogP contribution in [0.4, 0.5) is 13.9 Å². The molecule has 0 radical (unpaired) electrons. The topological polar surface area (TPSA) is 83.0 Å². The molecule has 2 aliphatic heterocycles. The number of likely N-dealkylation sites (tertiary alicyclic amines) is 1. The van der Waals surface area contributed by atoms with Crippen LogP contribution in [-0.2, 0) is 11.4 Å². The highest BCUT2D eigenvalue weighted by Crippen LogP contribution is 2.44. The summed E-state index contributed by atoms with van der Waals surface area (Å²) in [7, 11) is 0. The van der Waals surface area contributed by atoms with Gasteiger partial charge in [0.1, 0.15) is 12.4 Å². The fourth-order valence-corrected chi connectivity index (χ4v) is 7.50. The molecule has 3 heterocycles. The molecule has 2 aromatic carbocycles. The van der Waals surface area contributed by atoms with Crippen molar-refractivity contribution in [2.45, 2.75) is 52.1 Å². The van der Waals surface area contributed by atoms with E-state index in [1.807, 2.05) is 37.4 Å². The summed E-state index contributed by atoms with van der Waals surface area (Å²) in [5, 5.41) is 12.6. The molecular weight excluding hydrogens is 560 g/mol. The Hall–Kier alpha value is -3.53. The quantitative estimate of drug-likeness (QED) is 0.339. The Kier molecular flexibility index (Phi) is 7.68. The monoisotopic (exact) mass is 595 g/mol. The lowest BCUT2D eigenvalue weighted by atomic mass is 9.85. The average molecular weight is 596 g/mol. The SMILES string of the molecule is Cc1ccc(OCc2ccc(C(=O)N3CCC(F)(F)CC3)cc2C)c(-c2csc(N3C[C@H]4CC[C@@H](C3)[C@H]4C(=O)O)n2)c1. The number of halogens is 2. The molecule has 6 rings (SSSR count). The number of piperidine rings is 2. The van der Waals surface area contributed by atoms with E-state index in [0.717, 1.165) is 59.0 Å². The molecule has 3 aliphatic rings. The Morgan fingerprint density at radius 2 is 1.79 bits per heavy atom. The van der Waals surface area contributed by atoms with Crippen molar-refractivity contribution in [3.05, 3.63) is 64.0 Å². The second kappa shape index (κ2) is 11.3. The smallest absolute Gasteiger partial charge is 0.307 e. The maximum absolute atomic E-state index is 13.5. The van der Waals surface area contributed by atoms with Crippen LogP contribution in [0.3, 0.4) is 0 Å². The number of carboxylic acids is 1. The highest BCUT2D eigenvalue weighted by molar-refractivity contribution is 7.14. The molecule has 2 saturated heterocycles. The van der Waals surface area contributed by atoms with Crippen molar-refractivity contribution in [2.75, 3.05) is 31.1 Å². The van der Waals surface area contributed by atoms with Gasteiger partial charge < -0.3 is 19.6 Å². The molecule has 10 heteroatoms. The second-order valence-electron chi connectivity index (χ2n) is 12.0. The minimum absolute atomic E-state index is 0.0616. The van der Waals surface area contributed by atoms with Gasteiger partial charge in [-0.3, -0.25) is 9.59 Å². The molecule has 3 aromatic rings. The van der Waals surface area contributed by atoms with E-state index < -0.39 is 11.9 Å². The number of nitrogens with zero attached hydrogens (tertiary/aromatic N) is 3. The minimum atomic E-state index is -2.69. The van der Waals surface area contributed by atoms with E-state index >= 15 is 0 Å². The maximum atomic E-state index is 13.5. The van der Waals surface area contributed by atoms with Crippen molar-refractivity contribution in [1.29, 1.82) is 0 Å². The molecule has 2 bridgehead atoms. The van der Waals surface area contributed by atoms with E-state index in [1.54, 1.807) is 23.5 Å². The van der Waals surface area contributed by atoms with Crippen molar-refractivity contribution in [3.8, 4) is 17.0 Å². The average Bonchev–Trinajstić information content (AvgIpc) is 3.55. The summed E-state index contributed by atoms with van der Waals surface area (Å²) in [5.74, 6) is -2.79. The molecule has 1 aromatic heterocycles. The molecular formula is C32H35F2N3O4S. The number of aromatic nitrogens is 1. The van der Waals surface area contributed by atoms with Crippen LogP contribution in [0.5, 0.6) is 5.75 Å². The summed E-state index contributed by atoms with van der Waals surface area (Å²) >= 11 is 1.57. The number of rotatable bonds is 7. The van der Waals surface area contributed by atoms with Crippen LogP contribution in [0.1, 0.15) is 52.7 Å². The highest BCUT2D eigenvalue weighted by atomic mass is 32.1. The number of aliphatic carboxylic acids is 1. The van der Waals surface area contributed by atoms with Crippen LogP contribution < -0.4 is 9.64 Å². The summed E-state index contributed by atoms with van der Waals surface area (Å²) in [6, 6.07) is 11.4. The zero-order valence-corrected chi connectivity index (χ0v) is 24.6. The van der Waals surface area contributed by atoms with Crippen molar-refractivity contribution < 1.29 is 28.2 Å². The van der Waals surface area contributed by atoms with Crippen LogP contribution in [0.2, 0.25) is 0 Å². The molecule has 1 N–H and O–H groups in total. The van der Waals surface area contributed by atoms with Gasteiger partial charge in [0.15, 0.2) is 5.13 Å². The third-order valence-electron chi connectivity index (χ3n) is 9.05. The fourth-order valence-electron chi connectivity index (χ4n) is 6.65. The largest absolute Gasteiger partial charge is 0.488 e. The van der Waals surface area contributed by atoms with Crippen molar-refractivity contribution >= 4 is 28.3 Å². The summed E-state index contributed by atoms with van der Waals surface area (Å²) < 4.78 is 33.3. The van der Waals surface area contributed by atoms with Crippen LogP contribution in [0.15, 0.2) is 41.8 Å². The van der Waals surface area contributed by atoms with Gasteiger partial charge in [-0.1, -0.05) is 17.7 Å². The van der Waals surface area contributed by atoms with E-state index in [2.05, 4.69) is 11.0 Å². The first kappa shape index (κ1) is 28.6. The molecule has 3 fully saturated rings. The number of carbonyl (C=O) groups excluding carboxylic acids is 1. The standard InChI is InChI=1S/C32H35F2N3O4S/c1-19-3-8-27(41-17-24-7-4-21(14-20(24)2)29(38)36-11-9-32(33,34)10-12-36)25(13-19)26-18-42-31(35-26)37-15-22-5-6-23(16-37)28(22)30(39)40/h3-4,7-8,13-14,18,22-23,28H,5-6,9-12,15-17H2,1-2H3,(H,39,40)/t22-,23+,28+. The van der Waals surface area contributed by atoms with Crippen molar-refractivity contribution in [3.63, 3.8) is 0 Å². The second-order valence-corrected chi connectivity index (χ2v) is 12.8. The number of carboxylic acid groups (broad SMARTS) is 1. The number of alkyl halides is 2. The molecule has 222 valence electrons. The lowest BCUT2D eigenvalue weighted by molar-refractivity contribution is -0.144. The number of thiazole rings is 1. The third kappa shape index (κ3) is 5.73. The van der Waals surface area contributed by atoms with Gasteiger partial charge in [-0.25, -0.2) is 13.8 Å². The third-order valence-corrected chi connectivity index (χ3v) is 9.95. The summed E-state index contributed by atoms with van der Waals surface area (Å²) in [6.45, 7) is 5.81. The Labute approximate surface area is 248 Å². The van der Waals surface area contributed by atoms with Gasteiger partial charge >= 0.3 is 5.97 Å². The van der Waals surface area contributed by atoms with E-state index in [9.17, 15) is 23.5 Å². The fraction of sp³-hybridized carbons (Fsp3) is 0.469. The van der Waals surface area contributed by atoms with E-state index in [4.69, 9.17) is 9.72 Å². The molecule has 3 atom stereocenters. The molecule has 0 unspecified atom stereocenters. The Morgan fingerprint density at radius 3 is 2.45 bits per heavy atom. The number of carbonyl (C=O) groups is 2. The van der Waals surface area contributed by atoms with E-state index in [1.165, 1.54) is 4.90 Å². The van der Waals surface area contributed by atoms with Gasteiger partial charge in [0.25, 0.3) is 11.8 Å². The van der Waals surface area contributed by atoms with Crippen LogP contribution in [-0.4, -0.2) is 59.0 Å². The van der Waals surface area contributed by atoms with Gasteiger partial charge in [-0.15, -0.1) is 11.3 Å². The maximum Gasteiger partial charge on any atom is 0.307 e.